The van der Waals surface area contributed by atoms with Gasteiger partial charge in [-0.1, -0.05) is 60.1 Å². The number of rotatable bonds is 7. The average molecular weight is 665 g/mol. The van der Waals surface area contributed by atoms with Crippen molar-refractivity contribution in [2.45, 2.75) is 19.0 Å². The number of fused-ring (bicyclic) bond motifs is 1. The van der Waals surface area contributed by atoms with Crippen molar-refractivity contribution in [2.24, 2.45) is 5.41 Å². The second-order valence-corrected chi connectivity index (χ2v) is 11.4. The summed E-state index contributed by atoms with van der Waals surface area (Å²) in [7, 11) is 3.02. The van der Waals surface area contributed by atoms with E-state index in [2.05, 4.69) is 38.6 Å². The van der Waals surface area contributed by atoms with Crippen molar-refractivity contribution < 1.29 is 24.2 Å². The number of hydrogen-bond acceptors (Lipinski definition) is 10. The minimum absolute atomic E-state index is 0.00825. The van der Waals surface area contributed by atoms with E-state index in [0.29, 0.717) is 39.4 Å². The van der Waals surface area contributed by atoms with Crippen LogP contribution in [0.5, 0.6) is 11.5 Å². The summed E-state index contributed by atoms with van der Waals surface area (Å²) in [5, 5.41) is 11.3. The molecule has 2 unspecified atom stereocenters. The van der Waals surface area contributed by atoms with Gasteiger partial charge in [-0.25, -0.2) is 9.78 Å². The lowest BCUT2D eigenvalue weighted by atomic mass is 9.69. The highest BCUT2D eigenvalue weighted by atomic mass is 16.5. The number of carbonyl (C=O) groups excluding carboxylic acids is 1. The van der Waals surface area contributed by atoms with Crippen molar-refractivity contribution in [3.05, 3.63) is 131 Å². The zero-order chi connectivity index (χ0) is 35.3. The highest BCUT2D eigenvalue weighted by Gasteiger charge is 2.58. The predicted molar refractivity (Wildman–Crippen MR) is 188 cm³/mol. The van der Waals surface area contributed by atoms with Gasteiger partial charge in [-0.15, -0.1) is 0 Å². The number of aliphatic carboxylic acids is 1. The lowest BCUT2D eigenvalue weighted by Gasteiger charge is -2.44. The van der Waals surface area contributed by atoms with Crippen molar-refractivity contribution in [1.82, 2.24) is 15.0 Å². The maximum absolute atomic E-state index is 15.1. The summed E-state index contributed by atoms with van der Waals surface area (Å²) in [6, 6.07) is 21.7. The summed E-state index contributed by atoms with van der Waals surface area (Å²) in [6.45, 7) is 0.177. The van der Waals surface area contributed by atoms with Gasteiger partial charge in [0, 0.05) is 48.4 Å². The van der Waals surface area contributed by atoms with Crippen molar-refractivity contribution in [3.63, 3.8) is 0 Å². The van der Waals surface area contributed by atoms with Crippen LogP contribution in [0, 0.1) is 29.1 Å². The van der Waals surface area contributed by atoms with Crippen LogP contribution in [-0.4, -0.2) is 52.1 Å². The van der Waals surface area contributed by atoms with E-state index in [-0.39, 0.29) is 30.3 Å². The molecule has 0 saturated heterocycles. The SMILES string of the molecule is COc1ccccc1C#CC1N(Cc2ccncc2)c2cccc(Cc3cnc(N)nc3N)c2C(=O)C1(C#Cc1ccccc1OC)C(=O)O. The normalized spacial score (nSPS) is 16.2. The molecule has 0 radical (unpaired) electrons. The highest BCUT2D eigenvalue weighted by Crippen LogP contribution is 2.44. The molecule has 2 atom stereocenters. The van der Waals surface area contributed by atoms with E-state index in [9.17, 15) is 9.90 Å². The molecule has 0 amide bonds. The van der Waals surface area contributed by atoms with Gasteiger partial charge in [0.15, 0.2) is 5.78 Å². The Labute approximate surface area is 288 Å². The molecule has 5 N–H and O–H groups in total. The molecule has 5 aromatic rings. The number of carbonyl (C=O) groups is 2. The van der Waals surface area contributed by atoms with Crippen LogP contribution in [0.25, 0.3) is 0 Å². The van der Waals surface area contributed by atoms with Crippen molar-refractivity contribution >= 4 is 29.2 Å². The van der Waals surface area contributed by atoms with Gasteiger partial charge in [-0.2, -0.15) is 4.98 Å². The number of carboxylic acids is 1. The molecule has 6 rings (SSSR count). The molecule has 1 aliphatic heterocycles. The number of nitrogens with zero attached hydrogens (tertiary/aromatic N) is 4. The van der Waals surface area contributed by atoms with Gasteiger partial charge in [0.1, 0.15) is 23.4 Å². The van der Waals surface area contributed by atoms with E-state index < -0.39 is 23.2 Å². The molecule has 248 valence electrons. The van der Waals surface area contributed by atoms with E-state index in [4.69, 9.17) is 20.9 Å². The van der Waals surface area contributed by atoms with Gasteiger partial charge in [-0.05, 0) is 53.6 Å². The zero-order valence-corrected chi connectivity index (χ0v) is 27.3. The van der Waals surface area contributed by atoms with Crippen LogP contribution in [0.4, 0.5) is 17.5 Å². The number of nitrogens with two attached hydrogens (primary N) is 2. The number of carboxylic acid groups (broad SMARTS) is 1. The van der Waals surface area contributed by atoms with Crippen LogP contribution in [0.3, 0.4) is 0 Å². The fourth-order valence-electron chi connectivity index (χ4n) is 5.95. The number of anilines is 3. The maximum atomic E-state index is 15.1. The Morgan fingerprint density at radius 2 is 1.56 bits per heavy atom. The number of benzene rings is 3. The van der Waals surface area contributed by atoms with E-state index >= 15 is 4.79 Å². The number of ether oxygens (including phenoxy) is 2. The molecule has 0 bridgehead atoms. The molecular weight excluding hydrogens is 632 g/mol. The molecule has 0 aliphatic carbocycles. The Balaban J connectivity index is 1.65. The summed E-state index contributed by atoms with van der Waals surface area (Å²) >= 11 is 0. The molecule has 3 aromatic carbocycles. The molecule has 3 heterocycles. The first-order valence-corrected chi connectivity index (χ1v) is 15.5. The lowest BCUT2D eigenvalue weighted by molar-refractivity contribution is -0.143. The van der Waals surface area contributed by atoms with Crippen LogP contribution < -0.4 is 25.8 Å². The number of para-hydroxylation sites is 2. The lowest BCUT2D eigenvalue weighted by Crippen LogP contribution is -2.59. The Morgan fingerprint density at radius 3 is 2.20 bits per heavy atom. The molecule has 2 aromatic heterocycles. The number of methoxy groups -OCH3 is 2. The standard InChI is InChI=1S/C39H32N6O5/c1-49-31-12-5-3-8-26(31)14-15-33-39(37(47)48,19-16-27-9-4-6-13-32(27)50-2)35(46)34-28(22-29-23-43-38(41)44-36(29)40)10-7-11-30(34)45(33)24-25-17-20-42-21-18-25/h3-13,17-18,20-21,23,33H,22,24H2,1-2H3,(H,47,48)(H4,40,41,43,44). The van der Waals surface area contributed by atoms with Crippen LogP contribution in [0.15, 0.2) is 97.5 Å². The Bertz CT molecular complexity index is 2220. The summed E-state index contributed by atoms with van der Waals surface area (Å²) < 4.78 is 11.0. The Kier molecular flexibility index (Phi) is 9.32. The van der Waals surface area contributed by atoms with Gasteiger partial charge in [-0.3, -0.25) is 9.78 Å². The van der Waals surface area contributed by atoms with Crippen molar-refractivity contribution in [1.29, 1.82) is 0 Å². The zero-order valence-electron chi connectivity index (χ0n) is 27.3. The smallest absolute Gasteiger partial charge is 0.333 e. The largest absolute Gasteiger partial charge is 0.495 e. The molecule has 1 aliphatic rings. The minimum atomic E-state index is -2.38. The third-order valence-corrected chi connectivity index (χ3v) is 8.43. The van der Waals surface area contributed by atoms with Crippen LogP contribution >= 0.6 is 0 Å². The van der Waals surface area contributed by atoms with E-state index in [1.165, 1.54) is 20.4 Å². The predicted octanol–water partition coefficient (Wildman–Crippen LogP) is 4.39. The average Bonchev–Trinajstić information content (AvgIpc) is 3.13. The van der Waals surface area contributed by atoms with E-state index in [1.54, 1.807) is 79.1 Å². The van der Waals surface area contributed by atoms with Gasteiger partial charge in [0.2, 0.25) is 11.4 Å². The maximum Gasteiger partial charge on any atom is 0.333 e. The minimum Gasteiger partial charge on any atom is -0.495 e. The summed E-state index contributed by atoms with van der Waals surface area (Å²) in [4.78, 5) is 43.1. The molecule has 0 fully saturated rings. The van der Waals surface area contributed by atoms with Crippen LogP contribution in [0.1, 0.15) is 38.2 Å². The number of nitrogen functional groups attached to an aromatic ring is 2. The topological polar surface area (TPSA) is 167 Å². The molecule has 0 saturated carbocycles. The van der Waals surface area contributed by atoms with Crippen LogP contribution in [-0.2, 0) is 17.8 Å². The second-order valence-electron chi connectivity index (χ2n) is 11.4. The van der Waals surface area contributed by atoms with Gasteiger partial charge < -0.3 is 30.9 Å². The number of Topliss-reactive ketones (excluding diaryl/α,β-unsaturated/α-hetero) is 1. The number of hydrogen-bond donors (Lipinski definition) is 3. The first-order chi connectivity index (χ1) is 24.3. The van der Waals surface area contributed by atoms with E-state index in [0.717, 1.165) is 5.56 Å². The first kappa shape index (κ1) is 33.1. The number of ketones is 1. The summed E-state index contributed by atoms with van der Waals surface area (Å²) in [6.07, 6.45) is 4.91. The summed E-state index contributed by atoms with van der Waals surface area (Å²) in [5.74, 6) is 11.1. The third-order valence-electron chi connectivity index (χ3n) is 8.43. The van der Waals surface area contributed by atoms with Crippen molar-refractivity contribution in [3.8, 4) is 35.2 Å². The molecular formula is C39H32N6O5. The fraction of sp³-hybridized carbons (Fsp3) is 0.154. The monoisotopic (exact) mass is 664 g/mol. The molecule has 11 heteroatoms. The highest BCUT2D eigenvalue weighted by molar-refractivity contribution is 6.21. The van der Waals surface area contributed by atoms with Crippen LogP contribution in [0.2, 0.25) is 0 Å². The van der Waals surface area contributed by atoms with Crippen molar-refractivity contribution in [2.75, 3.05) is 30.6 Å². The quantitative estimate of drug-likeness (QED) is 0.167. The van der Waals surface area contributed by atoms with Gasteiger partial charge >= 0.3 is 5.97 Å². The number of pyridine rings is 1. The first-order valence-electron chi connectivity index (χ1n) is 15.5. The third kappa shape index (κ3) is 6.23. The van der Waals surface area contributed by atoms with E-state index in [1.807, 2.05) is 17.0 Å². The molecule has 11 nitrogen and oxygen atoms in total. The van der Waals surface area contributed by atoms with Gasteiger partial charge in [0.25, 0.3) is 0 Å². The van der Waals surface area contributed by atoms with Gasteiger partial charge in [0.05, 0.1) is 25.3 Å². The summed E-state index contributed by atoms with van der Waals surface area (Å²) in [5.41, 5.74) is 13.0. The molecule has 0 spiro atoms. The Morgan fingerprint density at radius 1 is 0.900 bits per heavy atom. The fourth-order valence-corrected chi connectivity index (χ4v) is 5.95. The second kappa shape index (κ2) is 14.1. The number of aromatic nitrogens is 3. The molecule has 50 heavy (non-hydrogen) atoms. The Hall–Kier alpha value is -6.85.